The number of piperazine rings is 1. The number of aryl methyl sites for hydroxylation is 1. The van der Waals surface area contributed by atoms with Gasteiger partial charge in [0.2, 0.25) is 5.91 Å². The highest BCUT2D eigenvalue weighted by atomic mass is 79.9. The van der Waals surface area contributed by atoms with Crippen LogP contribution in [0.1, 0.15) is 5.56 Å². The molecule has 0 radical (unpaired) electrons. The highest BCUT2D eigenvalue weighted by molar-refractivity contribution is 9.10. The predicted octanol–water partition coefficient (Wildman–Crippen LogP) is 2.04. The van der Waals surface area contributed by atoms with Gasteiger partial charge in [0.05, 0.1) is 11.5 Å². The Morgan fingerprint density at radius 2 is 1.92 bits per heavy atom. The Bertz CT molecular complexity index is 687. The van der Waals surface area contributed by atoms with Crippen molar-refractivity contribution in [3.8, 4) is 0 Å². The lowest BCUT2D eigenvalue weighted by Gasteiger charge is -2.34. The zero-order valence-corrected chi connectivity index (χ0v) is 17.2. The standard InChI is InChI=1S/C16H23BrN2O3S2/c1-13-11-14(17)3-4-15(13)23-12-16(20)19-7-5-18(6-8-19)9-10-24(2,21)22/h3-4,11H,5-10,12H2,1-2H3. The summed E-state index contributed by atoms with van der Waals surface area (Å²) in [5, 5.41) is 0. The van der Waals surface area contributed by atoms with Crippen LogP contribution >= 0.6 is 27.7 Å². The Labute approximate surface area is 156 Å². The highest BCUT2D eigenvalue weighted by Gasteiger charge is 2.21. The molecular formula is C16H23BrN2O3S2. The van der Waals surface area contributed by atoms with E-state index in [1.807, 2.05) is 30.0 Å². The Morgan fingerprint density at radius 3 is 2.50 bits per heavy atom. The van der Waals surface area contributed by atoms with Crippen molar-refractivity contribution in [3.05, 3.63) is 28.2 Å². The Morgan fingerprint density at radius 1 is 1.25 bits per heavy atom. The smallest absolute Gasteiger partial charge is 0.233 e. The summed E-state index contributed by atoms with van der Waals surface area (Å²) in [5.41, 5.74) is 1.16. The van der Waals surface area contributed by atoms with E-state index in [9.17, 15) is 13.2 Å². The van der Waals surface area contributed by atoms with Crippen LogP contribution in [0.15, 0.2) is 27.6 Å². The molecule has 134 valence electrons. The number of hydrogen-bond acceptors (Lipinski definition) is 5. The molecule has 0 aromatic heterocycles. The maximum absolute atomic E-state index is 12.4. The number of halogens is 1. The normalized spacial score (nSPS) is 16.4. The van der Waals surface area contributed by atoms with Gasteiger partial charge in [-0.1, -0.05) is 15.9 Å². The molecule has 1 aliphatic heterocycles. The van der Waals surface area contributed by atoms with Crippen LogP contribution < -0.4 is 0 Å². The van der Waals surface area contributed by atoms with Crippen molar-refractivity contribution in [3.63, 3.8) is 0 Å². The van der Waals surface area contributed by atoms with Gasteiger partial charge in [0.1, 0.15) is 9.84 Å². The number of amides is 1. The van der Waals surface area contributed by atoms with Crippen LogP contribution in [0.2, 0.25) is 0 Å². The number of sulfone groups is 1. The lowest BCUT2D eigenvalue weighted by molar-refractivity contribution is -0.130. The molecule has 8 heteroatoms. The second-order valence-electron chi connectivity index (χ2n) is 6.05. The topological polar surface area (TPSA) is 57.7 Å². The Hall–Kier alpha value is -0.570. The molecule has 0 N–H and O–H groups in total. The third-order valence-electron chi connectivity index (χ3n) is 3.99. The van der Waals surface area contributed by atoms with Crippen molar-refractivity contribution >= 4 is 43.4 Å². The third-order valence-corrected chi connectivity index (χ3v) is 6.57. The largest absolute Gasteiger partial charge is 0.339 e. The maximum atomic E-state index is 12.4. The average Bonchev–Trinajstić information content (AvgIpc) is 2.51. The van der Waals surface area contributed by atoms with Gasteiger partial charge in [-0.15, -0.1) is 11.8 Å². The Balaban J connectivity index is 1.76. The van der Waals surface area contributed by atoms with Crippen LogP contribution in [-0.4, -0.2) is 74.6 Å². The molecule has 0 bridgehead atoms. The molecule has 1 fully saturated rings. The molecule has 1 aromatic rings. The predicted molar refractivity (Wildman–Crippen MR) is 102 cm³/mol. The van der Waals surface area contributed by atoms with E-state index in [1.165, 1.54) is 6.26 Å². The van der Waals surface area contributed by atoms with Gasteiger partial charge >= 0.3 is 0 Å². The first-order valence-corrected chi connectivity index (χ1v) is 11.7. The zero-order chi connectivity index (χ0) is 17.7. The molecule has 0 saturated carbocycles. The monoisotopic (exact) mass is 434 g/mol. The average molecular weight is 435 g/mol. The van der Waals surface area contributed by atoms with E-state index in [0.717, 1.165) is 28.0 Å². The van der Waals surface area contributed by atoms with Crippen molar-refractivity contribution in [1.82, 2.24) is 9.80 Å². The first-order valence-electron chi connectivity index (χ1n) is 7.81. The summed E-state index contributed by atoms with van der Waals surface area (Å²) < 4.78 is 23.5. The molecule has 1 heterocycles. The number of carbonyl (C=O) groups excluding carboxylic acids is 1. The van der Waals surface area contributed by atoms with Gasteiger partial charge in [-0.05, 0) is 30.7 Å². The van der Waals surface area contributed by atoms with Crippen molar-refractivity contribution in [2.24, 2.45) is 0 Å². The number of nitrogens with zero attached hydrogens (tertiary/aromatic N) is 2. The van der Waals surface area contributed by atoms with Crippen LogP contribution in [0.3, 0.4) is 0 Å². The summed E-state index contributed by atoms with van der Waals surface area (Å²) >= 11 is 5.01. The molecule has 1 amide bonds. The molecule has 0 spiro atoms. The van der Waals surface area contributed by atoms with E-state index in [-0.39, 0.29) is 11.7 Å². The maximum Gasteiger partial charge on any atom is 0.233 e. The highest BCUT2D eigenvalue weighted by Crippen LogP contribution is 2.25. The third kappa shape index (κ3) is 6.38. The van der Waals surface area contributed by atoms with E-state index in [2.05, 4.69) is 20.8 Å². The summed E-state index contributed by atoms with van der Waals surface area (Å²) in [4.78, 5) is 17.5. The van der Waals surface area contributed by atoms with Gasteiger partial charge in [-0.2, -0.15) is 0 Å². The van der Waals surface area contributed by atoms with Crippen molar-refractivity contribution < 1.29 is 13.2 Å². The van der Waals surface area contributed by atoms with E-state index < -0.39 is 9.84 Å². The number of benzene rings is 1. The van der Waals surface area contributed by atoms with Crippen molar-refractivity contribution in [2.75, 3.05) is 50.5 Å². The quantitative estimate of drug-likeness (QED) is 0.641. The van der Waals surface area contributed by atoms with Crippen LogP contribution in [0.5, 0.6) is 0 Å². The summed E-state index contributed by atoms with van der Waals surface area (Å²) in [6, 6.07) is 6.06. The van der Waals surface area contributed by atoms with Crippen molar-refractivity contribution in [1.29, 1.82) is 0 Å². The second-order valence-corrected chi connectivity index (χ2v) is 10.2. The molecule has 24 heavy (non-hydrogen) atoms. The fraction of sp³-hybridized carbons (Fsp3) is 0.562. The first kappa shape index (κ1) is 19.8. The van der Waals surface area contributed by atoms with Gasteiger partial charge in [-0.25, -0.2) is 8.42 Å². The minimum Gasteiger partial charge on any atom is -0.339 e. The van der Waals surface area contributed by atoms with Gasteiger partial charge < -0.3 is 4.90 Å². The molecule has 0 aliphatic carbocycles. The van der Waals surface area contributed by atoms with Gasteiger partial charge in [0.15, 0.2) is 0 Å². The molecule has 0 unspecified atom stereocenters. The lowest BCUT2D eigenvalue weighted by Crippen LogP contribution is -2.50. The van der Waals surface area contributed by atoms with E-state index in [1.54, 1.807) is 11.8 Å². The Kier molecular flexibility index (Phi) is 7.15. The summed E-state index contributed by atoms with van der Waals surface area (Å²) in [5.74, 6) is 0.760. The minimum atomic E-state index is -2.93. The van der Waals surface area contributed by atoms with E-state index in [0.29, 0.717) is 25.4 Å². The van der Waals surface area contributed by atoms with Crippen LogP contribution in [0.25, 0.3) is 0 Å². The molecule has 1 aromatic carbocycles. The minimum absolute atomic E-state index is 0.144. The summed E-state index contributed by atoms with van der Waals surface area (Å²) in [6.45, 7) is 5.41. The fourth-order valence-electron chi connectivity index (χ4n) is 2.52. The molecular weight excluding hydrogens is 412 g/mol. The number of thioether (sulfide) groups is 1. The summed E-state index contributed by atoms with van der Waals surface area (Å²) in [7, 11) is -2.93. The van der Waals surface area contributed by atoms with Gasteiger partial charge in [-0.3, -0.25) is 9.69 Å². The van der Waals surface area contributed by atoms with Crippen LogP contribution in [0, 0.1) is 6.92 Å². The molecule has 5 nitrogen and oxygen atoms in total. The number of hydrogen-bond donors (Lipinski definition) is 0. The molecule has 2 rings (SSSR count). The zero-order valence-electron chi connectivity index (χ0n) is 14.0. The van der Waals surface area contributed by atoms with Gasteiger partial charge in [0.25, 0.3) is 0 Å². The first-order chi connectivity index (χ1) is 11.2. The number of carbonyl (C=O) groups is 1. The second kappa shape index (κ2) is 8.69. The van der Waals surface area contributed by atoms with Gasteiger partial charge in [0, 0.05) is 48.3 Å². The SMILES string of the molecule is Cc1cc(Br)ccc1SCC(=O)N1CCN(CCS(C)(=O)=O)CC1. The van der Waals surface area contributed by atoms with E-state index >= 15 is 0 Å². The lowest BCUT2D eigenvalue weighted by atomic mass is 10.2. The van der Waals surface area contributed by atoms with Crippen LogP contribution in [-0.2, 0) is 14.6 Å². The number of rotatable bonds is 6. The molecule has 1 saturated heterocycles. The van der Waals surface area contributed by atoms with E-state index in [4.69, 9.17) is 0 Å². The molecule has 0 atom stereocenters. The van der Waals surface area contributed by atoms with Crippen molar-refractivity contribution in [2.45, 2.75) is 11.8 Å². The summed E-state index contributed by atoms with van der Waals surface area (Å²) in [6.07, 6.45) is 1.26. The fourth-order valence-corrected chi connectivity index (χ4v) is 4.50. The molecule has 1 aliphatic rings. The van der Waals surface area contributed by atoms with Crippen LogP contribution in [0.4, 0.5) is 0 Å².